The van der Waals surface area contributed by atoms with Crippen molar-refractivity contribution in [2.45, 2.75) is 40.2 Å². The molecule has 0 aliphatic heterocycles. The molecule has 0 atom stereocenters. The van der Waals surface area contributed by atoms with E-state index in [0.29, 0.717) is 28.5 Å². The van der Waals surface area contributed by atoms with Gasteiger partial charge in [0.15, 0.2) is 5.76 Å². The molecule has 2 aromatic rings. The highest BCUT2D eigenvalue weighted by molar-refractivity contribution is 5.96. The highest BCUT2D eigenvalue weighted by Gasteiger charge is 2.26. The zero-order valence-electron chi connectivity index (χ0n) is 13.8. The number of nitrogens with zero attached hydrogens (tertiary/aromatic N) is 2. The van der Waals surface area contributed by atoms with E-state index in [9.17, 15) is 9.59 Å². The molecule has 0 aromatic carbocycles. The monoisotopic (exact) mass is 320 g/mol. The Morgan fingerprint density at radius 1 is 1.35 bits per heavy atom. The number of carboxylic acid groups (broad SMARTS) is 1. The van der Waals surface area contributed by atoms with Crippen LogP contribution in [0.1, 0.15) is 63.5 Å². The van der Waals surface area contributed by atoms with Gasteiger partial charge in [0, 0.05) is 13.0 Å². The van der Waals surface area contributed by atoms with E-state index in [0.717, 1.165) is 0 Å². The standard InChI is InChI=1S/C16H20N2O5/c1-8(2)14-13(9(3)17-23-14)15(19)18(5)7-11-6-12(16(20)21)10(4)22-11/h6,8H,7H2,1-5H3,(H,20,21). The SMILES string of the molecule is Cc1noc(C(C)C)c1C(=O)N(C)Cc1cc(C(=O)O)c(C)o1. The molecule has 0 saturated carbocycles. The molecule has 0 fully saturated rings. The number of hydrogen-bond donors (Lipinski definition) is 1. The van der Waals surface area contributed by atoms with Crippen LogP contribution in [0.2, 0.25) is 0 Å². The number of carbonyl (C=O) groups excluding carboxylic acids is 1. The number of aromatic carboxylic acids is 1. The first-order chi connectivity index (χ1) is 10.7. The van der Waals surface area contributed by atoms with Crippen LogP contribution in [-0.4, -0.2) is 34.1 Å². The van der Waals surface area contributed by atoms with Gasteiger partial charge in [0.1, 0.15) is 22.6 Å². The van der Waals surface area contributed by atoms with Crippen molar-refractivity contribution < 1.29 is 23.6 Å². The molecular weight excluding hydrogens is 300 g/mol. The van der Waals surface area contributed by atoms with Gasteiger partial charge in [-0.1, -0.05) is 19.0 Å². The highest BCUT2D eigenvalue weighted by atomic mass is 16.5. The molecular formula is C16H20N2O5. The molecule has 23 heavy (non-hydrogen) atoms. The maximum absolute atomic E-state index is 12.6. The molecule has 0 unspecified atom stereocenters. The lowest BCUT2D eigenvalue weighted by molar-refractivity contribution is 0.0694. The number of hydrogen-bond acceptors (Lipinski definition) is 5. The number of carboxylic acids is 1. The summed E-state index contributed by atoms with van der Waals surface area (Å²) in [7, 11) is 1.62. The van der Waals surface area contributed by atoms with E-state index < -0.39 is 5.97 Å². The summed E-state index contributed by atoms with van der Waals surface area (Å²) in [6.45, 7) is 7.30. The second-order valence-corrected chi connectivity index (χ2v) is 5.81. The van der Waals surface area contributed by atoms with Crippen molar-refractivity contribution in [1.29, 1.82) is 0 Å². The third kappa shape index (κ3) is 3.28. The van der Waals surface area contributed by atoms with Crippen LogP contribution in [0.4, 0.5) is 0 Å². The fraction of sp³-hybridized carbons (Fsp3) is 0.438. The number of furan rings is 1. The first kappa shape index (κ1) is 16.8. The van der Waals surface area contributed by atoms with E-state index >= 15 is 0 Å². The molecule has 7 heteroatoms. The van der Waals surface area contributed by atoms with Crippen molar-refractivity contribution in [2.75, 3.05) is 7.05 Å². The van der Waals surface area contributed by atoms with Crippen molar-refractivity contribution in [3.63, 3.8) is 0 Å². The van der Waals surface area contributed by atoms with Gasteiger partial charge < -0.3 is 18.9 Å². The maximum Gasteiger partial charge on any atom is 0.339 e. The number of carbonyl (C=O) groups is 2. The van der Waals surface area contributed by atoms with Crippen molar-refractivity contribution in [1.82, 2.24) is 10.1 Å². The summed E-state index contributed by atoms with van der Waals surface area (Å²) in [5, 5.41) is 12.9. The first-order valence-electron chi connectivity index (χ1n) is 7.26. The third-order valence-corrected chi connectivity index (χ3v) is 3.57. The summed E-state index contributed by atoms with van der Waals surface area (Å²) in [5.74, 6) is 0.0179. The summed E-state index contributed by atoms with van der Waals surface area (Å²) < 4.78 is 10.6. The van der Waals surface area contributed by atoms with E-state index in [-0.39, 0.29) is 23.9 Å². The zero-order chi connectivity index (χ0) is 17.3. The molecule has 0 bridgehead atoms. The van der Waals surface area contributed by atoms with E-state index in [2.05, 4.69) is 5.16 Å². The largest absolute Gasteiger partial charge is 0.478 e. The van der Waals surface area contributed by atoms with E-state index in [1.807, 2.05) is 13.8 Å². The Hall–Kier alpha value is -2.57. The number of aryl methyl sites for hydroxylation is 2. The quantitative estimate of drug-likeness (QED) is 0.909. The fourth-order valence-corrected chi connectivity index (χ4v) is 2.37. The minimum Gasteiger partial charge on any atom is -0.478 e. The topological polar surface area (TPSA) is 96.8 Å². The molecule has 0 saturated heterocycles. The normalized spacial score (nSPS) is 11.0. The Balaban J connectivity index is 2.23. The van der Waals surface area contributed by atoms with E-state index in [1.54, 1.807) is 20.9 Å². The molecule has 2 rings (SSSR count). The van der Waals surface area contributed by atoms with Gasteiger partial charge in [0.05, 0.1) is 12.2 Å². The van der Waals surface area contributed by atoms with Crippen molar-refractivity contribution in [2.24, 2.45) is 0 Å². The Kier molecular flexibility index (Phi) is 4.58. The van der Waals surface area contributed by atoms with Gasteiger partial charge in [0.2, 0.25) is 0 Å². The van der Waals surface area contributed by atoms with Crippen LogP contribution in [-0.2, 0) is 6.54 Å². The van der Waals surface area contributed by atoms with E-state index in [1.165, 1.54) is 11.0 Å². The average Bonchev–Trinajstić information content (AvgIpc) is 3.01. The number of aromatic nitrogens is 1. The van der Waals surface area contributed by atoms with Crippen molar-refractivity contribution in [3.8, 4) is 0 Å². The van der Waals surface area contributed by atoms with Gasteiger partial charge >= 0.3 is 5.97 Å². The maximum atomic E-state index is 12.6. The van der Waals surface area contributed by atoms with Crippen LogP contribution in [0.15, 0.2) is 15.0 Å². The van der Waals surface area contributed by atoms with Crippen LogP contribution in [0.25, 0.3) is 0 Å². The number of rotatable bonds is 5. The second kappa shape index (κ2) is 6.28. The van der Waals surface area contributed by atoms with Gasteiger partial charge in [-0.3, -0.25) is 4.79 Å². The molecule has 1 N–H and O–H groups in total. The van der Waals surface area contributed by atoms with Crippen LogP contribution in [0.5, 0.6) is 0 Å². The molecule has 1 amide bonds. The predicted molar refractivity (Wildman–Crippen MR) is 81.5 cm³/mol. The third-order valence-electron chi connectivity index (χ3n) is 3.57. The van der Waals surface area contributed by atoms with Gasteiger partial charge in [-0.15, -0.1) is 0 Å². The lowest BCUT2D eigenvalue weighted by Crippen LogP contribution is -2.27. The van der Waals surface area contributed by atoms with Crippen molar-refractivity contribution >= 4 is 11.9 Å². The Morgan fingerprint density at radius 3 is 2.52 bits per heavy atom. The molecule has 0 radical (unpaired) electrons. The minimum atomic E-state index is -1.05. The van der Waals surface area contributed by atoms with Gasteiger partial charge in [-0.25, -0.2) is 4.79 Å². The van der Waals surface area contributed by atoms with Gasteiger partial charge in [0.25, 0.3) is 5.91 Å². The lowest BCUT2D eigenvalue weighted by atomic mass is 10.0. The zero-order valence-corrected chi connectivity index (χ0v) is 13.8. The summed E-state index contributed by atoms with van der Waals surface area (Å²) >= 11 is 0. The van der Waals surface area contributed by atoms with Crippen LogP contribution < -0.4 is 0 Å². The summed E-state index contributed by atoms with van der Waals surface area (Å²) in [4.78, 5) is 25.1. The Bertz CT molecular complexity index is 742. The molecule has 2 heterocycles. The van der Waals surface area contributed by atoms with Crippen LogP contribution in [0, 0.1) is 13.8 Å². The molecule has 124 valence electrons. The second-order valence-electron chi connectivity index (χ2n) is 5.81. The molecule has 0 aliphatic carbocycles. The Labute approximate surface area is 133 Å². The highest BCUT2D eigenvalue weighted by Crippen LogP contribution is 2.24. The van der Waals surface area contributed by atoms with Crippen LogP contribution >= 0.6 is 0 Å². The molecule has 2 aromatic heterocycles. The Morgan fingerprint density at radius 2 is 2.00 bits per heavy atom. The lowest BCUT2D eigenvalue weighted by Gasteiger charge is -2.16. The number of amides is 1. The van der Waals surface area contributed by atoms with Gasteiger partial charge in [-0.05, 0) is 19.9 Å². The van der Waals surface area contributed by atoms with Crippen molar-refractivity contribution in [3.05, 3.63) is 40.2 Å². The first-order valence-corrected chi connectivity index (χ1v) is 7.26. The van der Waals surface area contributed by atoms with Crippen LogP contribution in [0.3, 0.4) is 0 Å². The molecule has 7 nitrogen and oxygen atoms in total. The summed E-state index contributed by atoms with van der Waals surface area (Å²) in [6, 6.07) is 1.44. The molecule has 0 aliphatic rings. The van der Waals surface area contributed by atoms with Gasteiger partial charge in [-0.2, -0.15) is 0 Å². The van der Waals surface area contributed by atoms with E-state index in [4.69, 9.17) is 14.0 Å². The fourth-order valence-electron chi connectivity index (χ4n) is 2.37. The smallest absolute Gasteiger partial charge is 0.339 e. The summed E-state index contributed by atoms with van der Waals surface area (Å²) in [5.41, 5.74) is 1.08. The predicted octanol–water partition coefficient (Wildman–Crippen LogP) is 2.98. The summed E-state index contributed by atoms with van der Waals surface area (Å²) in [6.07, 6.45) is 0. The minimum absolute atomic E-state index is 0.0352. The molecule has 0 spiro atoms. The average molecular weight is 320 g/mol.